The maximum atomic E-state index is 15.1. The quantitative estimate of drug-likeness (QED) is 0.318. The van der Waals surface area contributed by atoms with E-state index in [0.29, 0.717) is 17.3 Å². The number of ether oxygens (including phenoxy) is 2. The summed E-state index contributed by atoms with van der Waals surface area (Å²) >= 11 is 0. The molecule has 0 N–H and O–H groups in total. The van der Waals surface area contributed by atoms with Crippen LogP contribution in [0, 0.1) is 46.3 Å². The molecule has 5 aliphatic rings. The van der Waals surface area contributed by atoms with E-state index in [1.54, 1.807) is 0 Å². The van der Waals surface area contributed by atoms with Gasteiger partial charge >= 0.3 is 0 Å². The van der Waals surface area contributed by atoms with Crippen molar-refractivity contribution in [2.45, 2.75) is 130 Å². The second-order valence-electron chi connectivity index (χ2n) is 14.0. The van der Waals surface area contributed by atoms with E-state index in [4.69, 9.17) is 9.47 Å². The van der Waals surface area contributed by atoms with Gasteiger partial charge in [-0.05, 0) is 112 Å². The van der Waals surface area contributed by atoms with Gasteiger partial charge < -0.3 is 9.47 Å². The largest absolute Gasteiger partial charge is 0.353 e. The summed E-state index contributed by atoms with van der Waals surface area (Å²) in [5.41, 5.74) is 1.69. The number of hydrogen-bond acceptors (Lipinski definition) is 2. The van der Waals surface area contributed by atoms with E-state index in [2.05, 4.69) is 33.8 Å². The molecule has 1 unspecified atom stereocenters. The summed E-state index contributed by atoms with van der Waals surface area (Å²) in [5, 5.41) is 0. The molecule has 0 aromatic heterocycles. The summed E-state index contributed by atoms with van der Waals surface area (Å²) in [6.07, 6.45) is 19.7. The summed E-state index contributed by atoms with van der Waals surface area (Å²) in [6.45, 7) is 10.6. The highest BCUT2D eigenvalue weighted by atomic mass is 19.1. The molecule has 0 spiro atoms. The maximum Gasteiger partial charge on any atom is 0.157 e. The van der Waals surface area contributed by atoms with Crippen molar-refractivity contribution in [1.29, 1.82) is 0 Å². The average Bonchev–Trinajstić information content (AvgIpc) is 3.21. The smallest absolute Gasteiger partial charge is 0.157 e. The first-order valence-electron chi connectivity index (χ1n) is 15.4. The predicted octanol–water partition coefficient (Wildman–Crippen LogP) is 8.89. The highest BCUT2D eigenvalue weighted by Crippen LogP contribution is 2.67. The Hall–Kier alpha value is -0.410. The zero-order valence-corrected chi connectivity index (χ0v) is 23.2. The third kappa shape index (κ3) is 4.91. The van der Waals surface area contributed by atoms with Gasteiger partial charge in [0.05, 0.1) is 12.8 Å². The van der Waals surface area contributed by atoms with Crippen LogP contribution in [-0.4, -0.2) is 25.7 Å². The van der Waals surface area contributed by atoms with E-state index in [1.807, 2.05) is 0 Å². The molecular formula is C32H53FO2. The van der Waals surface area contributed by atoms with Crippen molar-refractivity contribution < 1.29 is 13.9 Å². The van der Waals surface area contributed by atoms with E-state index in [-0.39, 0.29) is 24.5 Å². The fraction of sp³-hybridized carbons (Fsp3) is 0.938. The third-order valence-electron chi connectivity index (χ3n) is 11.7. The van der Waals surface area contributed by atoms with E-state index in [0.717, 1.165) is 62.4 Å². The van der Waals surface area contributed by atoms with Crippen LogP contribution in [0.15, 0.2) is 11.6 Å². The normalized spacial score (nSPS) is 44.3. The molecule has 1 aliphatic heterocycles. The minimum absolute atomic E-state index is 0.0306. The van der Waals surface area contributed by atoms with E-state index < -0.39 is 0 Å². The highest BCUT2D eigenvalue weighted by molar-refractivity contribution is 5.27. The molecule has 9 atom stereocenters. The van der Waals surface area contributed by atoms with Crippen LogP contribution in [0.5, 0.6) is 0 Å². The standard InChI is InChI=1S/C32H53FO2/c1-22(2)8-7-9-23(3)27-13-14-28-26-12-11-24-20-25(35-30-10-5-6-19-34-30)15-18-32(24,21-33)29(26)16-17-31(27,28)4/h11,22-23,25-30H,5-10,12-21H2,1-4H3/t23-,25+,26+,27-,28+,29+,30?,31-,32-/m1/s1. The van der Waals surface area contributed by atoms with Crippen LogP contribution < -0.4 is 0 Å². The molecule has 0 aromatic carbocycles. The molecule has 3 saturated carbocycles. The molecule has 1 heterocycles. The number of fused-ring (bicyclic) bond motifs is 5. The fourth-order valence-corrected chi connectivity index (χ4v) is 9.85. The Morgan fingerprint density at radius 1 is 1.03 bits per heavy atom. The molecule has 200 valence electrons. The summed E-state index contributed by atoms with van der Waals surface area (Å²) in [4.78, 5) is 0. The SMILES string of the molecule is CC(C)CCC[C@@H](C)[C@H]1CC[C@H]2[C@@H]3CC=C4C[C@@H](OC5CCCCO5)CC[C@]4(CF)[C@H]3CC[C@]12C. The lowest BCUT2D eigenvalue weighted by molar-refractivity contribution is -0.196. The van der Waals surface area contributed by atoms with Gasteiger partial charge in [0.1, 0.15) is 0 Å². The molecule has 1 saturated heterocycles. The number of rotatable bonds is 8. The minimum atomic E-state index is -0.196. The second kappa shape index (κ2) is 10.8. The Kier molecular flexibility index (Phi) is 8.05. The van der Waals surface area contributed by atoms with Crippen LogP contribution in [0.25, 0.3) is 0 Å². The van der Waals surface area contributed by atoms with Gasteiger partial charge in [0, 0.05) is 12.0 Å². The van der Waals surface area contributed by atoms with Crippen molar-refractivity contribution in [2.24, 2.45) is 46.3 Å². The summed E-state index contributed by atoms with van der Waals surface area (Å²) in [6, 6.07) is 0. The molecule has 0 bridgehead atoms. The van der Waals surface area contributed by atoms with Crippen molar-refractivity contribution >= 4 is 0 Å². The monoisotopic (exact) mass is 488 g/mol. The Morgan fingerprint density at radius 2 is 1.89 bits per heavy atom. The summed E-state index contributed by atoms with van der Waals surface area (Å²) < 4.78 is 27.4. The summed E-state index contributed by atoms with van der Waals surface area (Å²) in [7, 11) is 0. The Bertz CT molecular complexity index is 742. The van der Waals surface area contributed by atoms with Crippen LogP contribution in [0.3, 0.4) is 0 Å². The van der Waals surface area contributed by atoms with Crippen LogP contribution in [0.2, 0.25) is 0 Å². The molecule has 35 heavy (non-hydrogen) atoms. The van der Waals surface area contributed by atoms with Gasteiger partial charge in [0.25, 0.3) is 0 Å². The summed E-state index contributed by atoms with van der Waals surface area (Å²) in [5.74, 6) is 4.56. The fourth-order valence-electron chi connectivity index (χ4n) is 9.85. The molecule has 3 heteroatoms. The second-order valence-corrected chi connectivity index (χ2v) is 14.0. The van der Waals surface area contributed by atoms with Crippen LogP contribution in [0.1, 0.15) is 118 Å². The van der Waals surface area contributed by atoms with Crippen LogP contribution >= 0.6 is 0 Å². The van der Waals surface area contributed by atoms with Crippen LogP contribution in [-0.2, 0) is 9.47 Å². The highest BCUT2D eigenvalue weighted by Gasteiger charge is 2.60. The maximum absolute atomic E-state index is 15.1. The molecule has 0 amide bonds. The molecule has 4 fully saturated rings. The van der Waals surface area contributed by atoms with Gasteiger partial charge in [-0.15, -0.1) is 0 Å². The topological polar surface area (TPSA) is 18.5 Å². The molecule has 5 rings (SSSR count). The van der Waals surface area contributed by atoms with Crippen molar-refractivity contribution in [1.82, 2.24) is 0 Å². The number of allylic oxidation sites excluding steroid dienone is 1. The number of alkyl halides is 1. The average molecular weight is 489 g/mol. The van der Waals surface area contributed by atoms with E-state index in [9.17, 15) is 0 Å². The van der Waals surface area contributed by atoms with Gasteiger partial charge in [0.2, 0.25) is 0 Å². The van der Waals surface area contributed by atoms with E-state index >= 15 is 4.39 Å². The predicted molar refractivity (Wildman–Crippen MR) is 142 cm³/mol. The molecule has 2 nitrogen and oxygen atoms in total. The molecule has 0 aromatic rings. The first-order chi connectivity index (χ1) is 16.9. The first-order valence-corrected chi connectivity index (χ1v) is 15.4. The third-order valence-corrected chi connectivity index (χ3v) is 11.7. The lowest BCUT2D eigenvalue weighted by Gasteiger charge is -2.58. The van der Waals surface area contributed by atoms with Gasteiger partial charge in [-0.2, -0.15) is 0 Å². The van der Waals surface area contributed by atoms with Crippen molar-refractivity contribution in [3.05, 3.63) is 11.6 Å². The van der Waals surface area contributed by atoms with Crippen molar-refractivity contribution in [3.63, 3.8) is 0 Å². The van der Waals surface area contributed by atoms with Crippen molar-refractivity contribution in [2.75, 3.05) is 13.3 Å². The molecular weight excluding hydrogens is 435 g/mol. The lowest BCUT2D eigenvalue weighted by atomic mass is 9.46. The van der Waals surface area contributed by atoms with Gasteiger partial charge in [-0.3, -0.25) is 4.39 Å². The molecule has 0 radical (unpaired) electrons. The zero-order valence-electron chi connectivity index (χ0n) is 23.2. The lowest BCUT2D eigenvalue weighted by Crippen LogP contribution is -2.53. The minimum Gasteiger partial charge on any atom is -0.353 e. The first kappa shape index (κ1) is 26.2. The Morgan fingerprint density at radius 3 is 2.63 bits per heavy atom. The Balaban J connectivity index is 1.27. The van der Waals surface area contributed by atoms with E-state index in [1.165, 1.54) is 63.4 Å². The van der Waals surface area contributed by atoms with Crippen LogP contribution in [0.4, 0.5) is 4.39 Å². The Labute approximate surface area is 215 Å². The zero-order chi connectivity index (χ0) is 24.6. The van der Waals surface area contributed by atoms with Gasteiger partial charge in [-0.1, -0.05) is 58.6 Å². The number of halogens is 1. The number of hydrogen-bond donors (Lipinski definition) is 0. The van der Waals surface area contributed by atoms with Gasteiger partial charge in [0.15, 0.2) is 6.29 Å². The van der Waals surface area contributed by atoms with Gasteiger partial charge in [-0.25, -0.2) is 0 Å². The van der Waals surface area contributed by atoms with Crippen molar-refractivity contribution in [3.8, 4) is 0 Å². The molecule has 4 aliphatic carbocycles.